The Bertz CT molecular complexity index is 478. The molecule has 96 valence electrons. The Morgan fingerprint density at radius 3 is 2.00 bits per heavy atom. The van der Waals surface area contributed by atoms with Gasteiger partial charge in [0.05, 0.1) is 0 Å². The lowest BCUT2D eigenvalue weighted by Crippen LogP contribution is -2.44. The maximum atomic E-state index is 13.8. The van der Waals surface area contributed by atoms with Crippen molar-refractivity contribution in [1.82, 2.24) is 0 Å². The minimum Gasteiger partial charge on any atom is -0.360 e. The van der Waals surface area contributed by atoms with Crippen LogP contribution in [0, 0.1) is 17.5 Å². The van der Waals surface area contributed by atoms with E-state index in [2.05, 4.69) is 0 Å². The number of anilines is 1. The first-order valence-electron chi connectivity index (χ1n) is 6.01. The van der Waals surface area contributed by atoms with E-state index in [4.69, 9.17) is 0 Å². The molecule has 2 saturated heterocycles. The van der Waals surface area contributed by atoms with Crippen LogP contribution in [0.25, 0.3) is 0 Å². The number of carbonyl (C=O) groups is 1. The lowest BCUT2D eigenvalue weighted by molar-refractivity contribution is -0.120. The zero-order valence-corrected chi connectivity index (χ0v) is 9.63. The number of hydrogen-bond acceptors (Lipinski definition) is 2. The van der Waals surface area contributed by atoms with Crippen LogP contribution in [0.2, 0.25) is 0 Å². The van der Waals surface area contributed by atoms with Crippen LogP contribution in [0.5, 0.6) is 0 Å². The highest BCUT2D eigenvalue weighted by atomic mass is 19.1. The molecule has 0 aliphatic carbocycles. The van der Waals surface area contributed by atoms with Gasteiger partial charge < -0.3 is 4.90 Å². The summed E-state index contributed by atoms with van der Waals surface area (Å²) in [5.41, 5.74) is -0.184. The number of benzene rings is 1. The first-order chi connectivity index (χ1) is 8.56. The number of carbonyl (C=O) groups excluding carboxylic acids is 1. The van der Waals surface area contributed by atoms with Crippen molar-refractivity contribution in [3.8, 4) is 0 Å². The molecule has 1 aromatic rings. The molecular formula is C13H12F3NO. The van der Waals surface area contributed by atoms with Crippen molar-refractivity contribution in [3.63, 3.8) is 0 Å². The number of Topliss-reactive ketones (excluding diaryl/α,β-unsaturated/α-hetero) is 1. The van der Waals surface area contributed by atoms with Gasteiger partial charge in [-0.25, -0.2) is 13.2 Å². The van der Waals surface area contributed by atoms with Gasteiger partial charge in [0.2, 0.25) is 0 Å². The van der Waals surface area contributed by atoms with Crippen LogP contribution in [0.1, 0.15) is 25.7 Å². The summed E-state index contributed by atoms with van der Waals surface area (Å²) in [5, 5.41) is 0. The summed E-state index contributed by atoms with van der Waals surface area (Å²) < 4.78 is 40.4. The first-order valence-corrected chi connectivity index (χ1v) is 6.01. The molecule has 0 N–H and O–H groups in total. The molecule has 2 atom stereocenters. The fraction of sp³-hybridized carbons (Fsp3) is 0.462. The average molecular weight is 255 g/mol. The van der Waals surface area contributed by atoms with Crippen LogP contribution in [0.3, 0.4) is 0 Å². The van der Waals surface area contributed by atoms with Crippen LogP contribution in [0.4, 0.5) is 18.9 Å². The lowest BCUT2D eigenvalue weighted by Gasteiger charge is -2.36. The third kappa shape index (κ3) is 1.69. The van der Waals surface area contributed by atoms with Gasteiger partial charge in [-0.1, -0.05) is 0 Å². The molecule has 0 amide bonds. The molecule has 2 aliphatic rings. The Balaban J connectivity index is 2.04. The Morgan fingerprint density at radius 2 is 1.50 bits per heavy atom. The fourth-order valence-corrected chi connectivity index (χ4v) is 3.12. The Morgan fingerprint density at radius 1 is 1.00 bits per heavy atom. The minimum atomic E-state index is -0.922. The molecule has 2 aliphatic heterocycles. The highest BCUT2D eigenvalue weighted by Crippen LogP contribution is 2.40. The lowest BCUT2D eigenvalue weighted by atomic mass is 10.0. The summed E-state index contributed by atoms with van der Waals surface area (Å²) in [6, 6.07) is 1.08. The van der Waals surface area contributed by atoms with Gasteiger partial charge in [-0.2, -0.15) is 0 Å². The molecule has 0 saturated carbocycles. The molecule has 5 heteroatoms. The smallest absolute Gasteiger partial charge is 0.152 e. The second-order valence-corrected chi connectivity index (χ2v) is 4.96. The van der Waals surface area contributed by atoms with Gasteiger partial charge in [0.1, 0.15) is 17.3 Å². The van der Waals surface area contributed by atoms with E-state index in [9.17, 15) is 18.0 Å². The van der Waals surface area contributed by atoms with Gasteiger partial charge in [-0.3, -0.25) is 4.79 Å². The van der Waals surface area contributed by atoms with Crippen LogP contribution in [0.15, 0.2) is 12.1 Å². The van der Waals surface area contributed by atoms with Crippen LogP contribution >= 0.6 is 0 Å². The SMILES string of the molecule is O=C1CC2CCC(C1)N2c1c(F)cc(F)cc1F. The molecule has 2 unspecified atom stereocenters. The van der Waals surface area contributed by atoms with E-state index >= 15 is 0 Å². The molecule has 0 spiro atoms. The van der Waals surface area contributed by atoms with Gasteiger partial charge in [-0.05, 0) is 12.8 Å². The quantitative estimate of drug-likeness (QED) is 0.769. The molecule has 2 fully saturated rings. The normalized spacial score (nSPS) is 26.8. The van der Waals surface area contributed by atoms with E-state index in [0.717, 1.165) is 12.8 Å². The molecule has 2 heterocycles. The predicted molar refractivity (Wildman–Crippen MR) is 59.8 cm³/mol. The highest BCUT2D eigenvalue weighted by molar-refractivity contribution is 5.83. The Hall–Kier alpha value is -1.52. The topological polar surface area (TPSA) is 20.3 Å². The average Bonchev–Trinajstić information content (AvgIpc) is 2.53. The monoisotopic (exact) mass is 255 g/mol. The summed E-state index contributed by atoms with van der Waals surface area (Å²) in [7, 11) is 0. The first kappa shape index (κ1) is 11.6. The van der Waals surface area contributed by atoms with Crippen LogP contribution in [-0.2, 0) is 4.79 Å². The number of halogens is 3. The van der Waals surface area contributed by atoms with Crippen LogP contribution in [-0.4, -0.2) is 17.9 Å². The molecule has 18 heavy (non-hydrogen) atoms. The van der Waals surface area contributed by atoms with E-state index in [-0.39, 0.29) is 23.6 Å². The maximum Gasteiger partial charge on any atom is 0.152 e. The van der Waals surface area contributed by atoms with Gasteiger partial charge in [0, 0.05) is 37.1 Å². The second kappa shape index (κ2) is 4.00. The summed E-state index contributed by atoms with van der Waals surface area (Å²) >= 11 is 0. The third-order valence-corrected chi connectivity index (χ3v) is 3.79. The molecule has 2 bridgehead atoms. The van der Waals surface area contributed by atoms with E-state index in [1.807, 2.05) is 0 Å². The second-order valence-electron chi connectivity index (χ2n) is 4.96. The Kier molecular flexibility index (Phi) is 2.57. The summed E-state index contributed by atoms with van der Waals surface area (Å²) in [6.45, 7) is 0. The van der Waals surface area contributed by atoms with Gasteiger partial charge in [0.15, 0.2) is 11.6 Å². The number of nitrogens with zero attached hydrogens (tertiary/aromatic N) is 1. The molecule has 3 rings (SSSR count). The Labute approximate surface area is 102 Å². The molecule has 2 nitrogen and oxygen atoms in total. The number of piperidine rings is 1. The third-order valence-electron chi connectivity index (χ3n) is 3.79. The number of ketones is 1. The van der Waals surface area contributed by atoms with Gasteiger partial charge >= 0.3 is 0 Å². The van der Waals surface area contributed by atoms with Crippen molar-refractivity contribution in [2.24, 2.45) is 0 Å². The van der Waals surface area contributed by atoms with Crippen molar-refractivity contribution in [2.75, 3.05) is 4.90 Å². The largest absolute Gasteiger partial charge is 0.360 e. The maximum absolute atomic E-state index is 13.8. The number of hydrogen-bond donors (Lipinski definition) is 0. The van der Waals surface area contributed by atoms with Crippen molar-refractivity contribution in [2.45, 2.75) is 37.8 Å². The summed E-state index contributed by atoms with van der Waals surface area (Å²) in [6.07, 6.45) is 2.17. The minimum absolute atomic E-state index is 0.140. The number of fused-ring (bicyclic) bond motifs is 2. The fourth-order valence-electron chi connectivity index (χ4n) is 3.12. The molecule has 0 radical (unpaired) electrons. The van der Waals surface area contributed by atoms with E-state index in [1.54, 1.807) is 4.90 Å². The molecule has 0 aromatic heterocycles. The van der Waals surface area contributed by atoms with E-state index in [0.29, 0.717) is 25.0 Å². The van der Waals surface area contributed by atoms with Gasteiger partial charge in [-0.15, -0.1) is 0 Å². The molecule has 1 aromatic carbocycles. The number of rotatable bonds is 1. The van der Waals surface area contributed by atoms with E-state index in [1.165, 1.54) is 0 Å². The van der Waals surface area contributed by atoms with Gasteiger partial charge in [0.25, 0.3) is 0 Å². The van der Waals surface area contributed by atoms with Crippen molar-refractivity contribution < 1.29 is 18.0 Å². The molecular weight excluding hydrogens is 243 g/mol. The predicted octanol–water partition coefficient (Wildman–Crippen LogP) is 2.80. The highest BCUT2D eigenvalue weighted by Gasteiger charge is 2.42. The standard InChI is InChI=1S/C13H12F3NO/c14-7-3-11(15)13(12(16)4-7)17-8-1-2-9(17)6-10(18)5-8/h3-4,8-9H,1-2,5-6H2. The van der Waals surface area contributed by atoms with Crippen molar-refractivity contribution in [1.29, 1.82) is 0 Å². The zero-order chi connectivity index (χ0) is 12.9. The van der Waals surface area contributed by atoms with Crippen molar-refractivity contribution in [3.05, 3.63) is 29.6 Å². The van der Waals surface area contributed by atoms with E-state index < -0.39 is 17.5 Å². The summed E-state index contributed by atoms with van der Waals surface area (Å²) in [4.78, 5) is 13.1. The van der Waals surface area contributed by atoms with Crippen molar-refractivity contribution >= 4 is 11.5 Å². The zero-order valence-electron chi connectivity index (χ0n) is 9.63. The summed E-state index contributed by atoms with van der Waals surface area (Å²) in [5.74, 6) is -2.56. The van der Waals surface area contributed by atoms with Crippen LogP contribution < -0.4 is 4.90 Å².